The Bertz CT molecular complexity index is 1500. The van der Waals surface area contributed by atoms with Crippen molar-refractivity contribution in [1.29, 1.82) is 0 Å². The number of aliphatic hydroxyl groups excluding tert-OH is 10. The average Bonchev–Trinajstić information content (AvgIpc) is 3.21. The second-order valence-electron chi connectivity index (χ2n) is 14.7. The van der Waals surface area contributed by atoms with Crippen LogP contribution in [0, 0.1) is 0 Å². The zero-order chi connectivity index (χ0) is 41.0. The highest BCUT2D eigenvalue weighted by Crippen LogP contribution is 2.36. The van der Waals surface area contributed by atoms with E-state index in [2.05, 4.69) is 0 Å². The first-order chi connectivity index (χ1) is 27.3. The highest BCUT2D eigenvalue weighted by molar-refractivity contribution is 5.14. The van der Waals surface area contributed by atoms with E-state index in [0.717, 1.165) is 0 Å². The summed E-state index contributed by atoms with van der Waals surface area (Å²) in [5.41, 5.74) is 1.43. The number of rotatable bonds is 14. The molecule has 20 atom stereocenters. The summed E-state index contributed by atoms with van der Waals surface area (Å²) in [6.07, 6.45) is -31.0. The van der Waals surface area contributed by atoms with Crippen LogP contribution in [0.2, 0.25) is 0 Å². The lowest BCUT2D eigenvalue weighted by Gasteiger charge is -2.50. The predicted octanol–water partition coefficient (Wildman–Crippen LogP) is -3.24. The SMILES string of the molecule is CC1OC(OC2C(OC3C(CO)OC(O)C(O)C3OC3OC(C)C(O)C(O)C3OCc3ccccc3)OC(CO)C(O)C2O)C(OCc2ccccc2)C(O)C1O. The van der Waals surface area contributed by atoms with Crippen molar-refractivity contribution in [3.8, 4) is 0 Å². The fraction of sp³-hybridized carbons (Fsp3) is 0.684. The molecule has 57 heavy (non-hydrogen) atoms. The molecular formula is C38H54O19. The zero-order valence-corrected chi connectivity index (χ0v) is 31.3. The summed E-state index contributed by atoms with van der Waals surface area (Å²) < 4.78 is 53.7. The highest BCUT2D eigenvalue weighted by Gasteiger charge is 2.56. The second-order valence-corrected chi connectivity index (χ2v) is 14.7. The Hall–Kier alpha value is -2.32. The van der Waals surface area contributed by atoms with Crippen molar-refractivity contribution in [2.75, 3.05) is 13.2 Å². The molecule has 2 aromatic rings. The van der Waals surface area contributed by atoms with Gasteiger partial charge < -0.3 is 93.7 Å². The lowest BCUT2D eigenvalue weighted by atomic mass is 9.95. The standard InChI is InChI=1S/C38H54O19/c1-17-23(41)26(44)32(49-15-19-9-5-3-6-10-19)36(51-17)56-31-29(47)35(48)53-22(14-40)30(31)55-38-34(28(46)25(43)21(13-39)54-38)57-37-33(27(45)24(42)18(2)52-37)50-16-20-11-7-4-8-12-20/h3-12,17-18,21-48H,13-16H2,1-2H3. The van der Waals surface area contributed by atoms with Crippen molar-refractivity contribution in [2.45, 2.75) is 150 Å². The van der Waals surface area contributed by atoms with E-state index in [1.54, 1.807) is 60.7 Å². The number of ether oxygens (including phenoxy) is 9. The van der Waals surface area contributed by atoms with Crippen LogP contribution in [0.5, 0.6) is 0 Å². The fourth-order valence-corrected chi connectivity index (χ4v) is 7.26. The van der Waals surface area contributed by atoms with Gasteiger partial charge in [-0.05, 0) is 25.0 Å². The van der Waals surface area contributed by atoms with Crippen LogP contribution in [0.25, 0.3) is 0 Å². The molecule has 2 aromatic carbocycles. The summed E-state index contributed by atoms with van der Waals surface area (Å²) >= 11 is 0. The van der Waals surface area contributed by atoms with E-state index in [1.807, 2.05) is 0 Å². The molecular weight excluding hydrogens is 760 g/mol. The maximum Gasteiger partial charge on any atom is 0.187 e. The molecule has 19 heteroatoms. The van der Waals surface area contributed by atoms with Gasteiger partial charge in [-0.2, -0.15) is 0 Å². The number of hydrogen-bond donors (Lipinski definition) is 10. The number of benzene rings is 2. The molecule has 6 rings (SSSR count). The number of hydrogen-bond acceptors (Lipinski definition) is 19. The minimum absolute atomic E-state index is 0.0492. The summed E-state index contributed by atoms with van der Waals surface area (Å²) in [5.74, 6) is 0. The Balaban J connectivity index is 1.27. The van der Waals surface area contributed by atoms with E-state index in [9.17, 15) is 51.1 Å². The Morgan fingerprint density at radius 2 is 0.860 bits per heavy atom. The monoisotopic (exact) mass is 814 g/mol. The van der Waals surface area contributed by atoms with Crippen LogP contribution >= 0.6 is 0 Å². The van der Waals surface area contributed by atoms with Gasteiger partial charge >= 0.3 is 0 Å². The van der Waals surface area contributed by atoms with Crippen molar-refractivity contribution in [3.63, 3.8) is 0 Å². The molecule has 4 fully saturated rings. The summed E-state index contributed by atoms with van der Waals surface area (Å²) in [6, 6.07) is 17.8. The molecule has 0 amide bonds. The fourth-order valence-electron chi connectivity index (χ4n) is 7.26. The van der Waals surface area contributed by atoms with Crippen molar-refractivity contribution >= 4 is 0 Å². The Labute approximate surface area is 328 Å². The molecule has 10 N–H and O–H groups in total. The first kappa shape index (κ1) is 44.2. The third-order valence-corrected chi connectivity index (χ3v) is 10.7. The predicted molar refractivity (Wildman–Crippen MR) is 189 cm³/mol. The quantitative estimate of drug-likeness (QED) is 0.0897. The summed E-state index contributed by atoms with van der Waals surface area (Å²) in [6.45, 7) is 1.20. The second kappa shape index (κ2) is 19.8. The molecule has 0 aromatic heterocycles. The maximum atomic E-state index is 11.4. The summed E-state index contributed by atoms with van der Waals surface area (Å²) in [5, 5.41) is 108. The van der Waals surface area contributed by atoms with Gasteiger partial charge in [0.25, 0.3) is 0 Å². The Kier molecular flexibility index (Phi) is 15.4. The van der Waals surface area contributed by atoms with Gasteiger partial charge in [0.1, 0.15) is 85.5 Å². The van der Waals surface area contributed by atoms with E-state index >= 15 is 0 Å². The highest BCUT2D eigenvalue weighted by atomic mass is 16.8. The minimum atomic E-state index is -1.95. The third-order valence-electron chi connectivity index (χ3n) is 10.7. The molecule has 4 heterocycles. The van der Waals surface area contributed by atoms with Crippen molar-refractivity contribution in [3.05, 3.63) is 71.8 Å². The Morgan fingerprint density at radius 1 is 0.439 bits per heavy atom. The summed E-state index contributed by atoms with van der Waals surface area (Å²) in [7, 11) is 0. The van der Waals surface area contributed by atoms with Crippen LogP contribution in [0.3, 0.4) is 0 Å². The normalized spacial score (nSPS) is 44.1. The maximum absolute atomic E-state index is 11.4. The van der Waals surface area contributed by atoms with Gasteiger partial charge in [-0.3, -0.25) is 0 Å². The molecule has 0 aliphatic carbocycles. The van der Waals surface area contributed by atoms with Gasteiger partial charge in [0.05, 0.1) is 38.6 Å². The molecule has 19 nitrogen and oxygen atoms in total. The van der Waals surface area contributed by atoms with E-state index in [0.29, 0.717) is 11.1 Å². The zero-order valence-electron chi connectivity index (χ0n) is 31.3. The first-order valence-corrected chi connectivity index (χ1v) is 18.9. The Morgan fingerprint density at radius 3 is 1.33 bits per heavy atom. The van der Waals surface area contributed by atoms with Crippen molar-refractivity contribution in [1.82, 2.24) is 0 Å². The molecule has 4 saturated heterocycles. The lowest BCUT2D eigenvalue weighted by molar-refractivity contribution is -0.400. The third kappa shape index (κ3) is 10.0. The molecule has 0 radical (unpaired) electrons. The average molecular weight is 815 g/mol. The van der Waals surface area contributed by atoms with Crippen LogP contribution in [0.15, 0.2) is 60.7 Å². The molecule has 20 unspecified atom stereocenters. The van der Waals surface area contributed by atoms with Gasteiger partial charge in [0.15, 0.2) is 25.2 Å². The molecule has 0 bridgehead atoms. The molecule has 0 saturated carbocycles. The van der Waals surface area contributed by atoms with Crippen LogP contribution in [0.1, 0.15) is 25.0 Å². The van der Waals surface area contributed by atoms with Crippen molar-refractivity contribution in [2.24, 2.45) is 0 Å². The van der Waals surface area contributed by atoms with E-state index < -0.39 is 136 Å². The summed E-state index contributed by atoms with van der Waals surface area (Å²) in [4.78, 5) is 0. The van der Waals surface area contributed by atoms with E-state index in [1.165, 1.54) is 13.8 Å². The molecule has 4 aliphatic heterocycles. The minimum Gasteiger partial charge on any atom is -0.394 e. The van der Waals surface area contributed by atoms with Gasteiger partial charge in [0, 0.05) is 0 Å². The number of aliphatic hydroxyl groups is 10. The van der Waals surface area contributed by atoms with Crippen LogP contribution < -0.4 is 0 Å². The van der Waals surface area contributed by atoms with Gasteiger partial charge in [-0.25, -0.2) is 0 Å². The van der Waals surface area contributed by atoms with E-state index in [-0.39, 0.29) is 13.2 Å². The molecule has 0 spiro atoms. The van der Waals surface area contributed by atoms with Gasteiger partial charge in [-0.15, -0.1) is 0 Å². The van der Waals surface area contributed by atoms with Gasteiger partial charge in [-0.1, -0.05) is 60.7 Å². The van der Waals surface area contributed by atoms with Crippen LogP contribution in [-0.4, -0.2) is 187 Å². The van der Waals surface area contributed by atoms with E-state index in [4.69, 9.17) is 42.6 Å². The lowest BCUT2D eigenvalue weighted by Crippen LogP contribution is -2.68. The van der Waals surface area contributed by atoms with Crippen LogP contribution in [-0.2, 0) is 55.8 Å². The van der Waals surface area contributed by atoms with Crippen LogP contribution in [0.4, 0.5) is 0 Å². The topological polar surface area (TPSA) is 285 Å². The molecule has 320 valence electrons. The first-order valence-electron chi connectivity index (χ1n) is 18.9. The van der Waals surface area contributed by atoms with Gasteiger partial charge in [0.2, 0.25) is 0 Å². The smallest absolute Gasteiger partial charge is 0.187 e. The largest absolute Gasteiger partial charge is 0.394 e. The molecule has 4 aliphatic rings. The van der Waals surface area contributed by atoms with Crippen molar-refractivity contribution < 1.29 is 93.7 Å².